The lowest BCUT2D eigenvalue weighted by molar-refractivity contribution is 0.317. The number of hydrogen-bond acceptors (Lipinski definition) is 3. The maximum absolute atomic E-state index is 5.45. The van der Waals surface area contributed by atoms with E-state index in [0.29, 0.717) is 6.04 Å². The van der Waals surface area contributed by atoms with E-state index in [0.717, 1.165) is 37.8 Å². The molecule has 1 heterocycles. The smallest absolute Gasteiger partial charge is 0.191 e. The molecule has 1 aliphatic rings. The molecule has 5 nitrogen and oxygen atoms in total. The molecule has 0 radical (unpaired) electrons. The van der Waals surface area contributed by atoms with Crippen LogP contribution in [-0.4, -0.2) is 57.2 Å². The molecule has 1 atom stereocenters. The molecule has 0 aliphatic carbocycles. The van der Waals surface area contributed by atoms with Gasteiger partial charge in [0.05, 0.1) is 13.7 Å². The number of benzene rings is 1. The van der Waals surface area contributed by atoms with Crippen LogP contribution in [0.2, 0.25) is 0 Å². The van der Waals surface area contributed by atoms with Crippen LogP contribution in [0.1, 0.15) is 30.9 Å². The fourth-order valence-electron chi connectivity index (χ4n) is 3.17. The van der Waals surface area contributed by atoms with E-state index in [2.05, 4.69) is 48.6 Å². The molecular formula is C19H32N4O. The van der Waals surface area contributed by atoms with E-state index in [-0.39, 0.29) is 0 Å². The van der Waals surface area contributed by atoms with Gasteiger partial charge >= 0.3 is 0 Å². The summed E-state index contributed by atoms with van der Waals surface area (Å²) >= 11 is 0. The third-order valence-electron chi connectivity index (χ3n) is 4.60. The lowest BCUT2D eigenvalue weighted by Gasteiger charge is -2.18. The zero-order valence-corrected chi connectivity index (χ0v) is 15.6. The normalized spacial score (nSPS) is 18.7. The molecule has 0 saturated carbocycles. The second-order valence-corrected chi connectivity index (χ2v) is 6.49. The molecule has 24 heavy (non-hydrogen) atoms. The van der Waals surface area contributed by atoms with Gasteiger partial charge in [-0.2, -0.15) is 0 Å². The number of nitrogens with zero attached hydrogens (tertiary/aromatic N) is 2. The highest BCUT2D eigenvalue weighted by molar-refractivity contribution is 5.79. The highest BCUT2D eigenvalue weighted by atomic mass is 16.5. The number of guanidine groups is 1. The van der Waals surface area contributed by atoms with Crippen LogP contribution in [0, 0.1) is 6.92 Å². The number of nitrogens with one attached hydrogen (secondary N) is 2. The van der Waals surface area contributed by atoms with Gasteiger partial charge in [-0.15, -0.1) is 0 Å². The van der Waals surface area contributed by atoms with E-state index in [9.17, 15) is 0 Å². The van der Waals surface area contributed by atoms with Crippen LogP contribution in [0.25, 0.3) is 0 Å². The molecule has 1 aliphatic heterocycles. The summed E-state index contributed by atoms with van der Waals surface area (Å²) in [4.78, 5) is 7.17. The third-order valence-corrected chi connectivity index (χ3v) is 4.60. The monoisotopic (exact) mass is 332 g/mol. The van der Waals surface area contributed by atoms with Gasteiger partial charge in [-0.1, -0.05) is 17.7 Å². The molecule has 1 saturated heterocycles. The van der Waals surface area contributed by atoms with E-state index >= 15 is 0 Å². The van der Waals surface area contributed by atoms with Crippen molar-refractivity contribution in [3.8, 4) is 5.75 Å². The molecule has 1 aromatic rings. The van der Waals surface area contributed by atoms with Gasteiger partial charge < -0.3 is 20.3 Å². The summed E-state index contributed by atoms with van der Waals surface area (Å²) in [7, 11) is 3.92. The molecule has 1 aromatic carbocycles. The van der Waals surface area contributed by atoms with Crippen LogP contribution < -0.4 is 15.4 Å². The molecule has 0 aromatic heterocycles. The molecule has 2 N–H and O–H groups in total. The standard InChI is InChI=1S/C19H32N4O/c1-5-20-19(22-14-17-7-6-12-23(17)3)21-11-10-16-13-15(2)8-9-18(16)24-4/h8-9,13,17H,5-7,10-12,14H2,1-4H3,(H2,20,21,22). The Morgan fingerprint density at radius 1 is 1.38 bits per heavy atom. The lowest BCUT2D eigenvalue weighted by Crippen LogP contribution is -2.39. The Hall–Kier alpha value is -1.75. The van der Waals surface area contributed by atoms with Crippen LogP contribution in [-0.2, 0) is 6.42 Å². The number of rotatable bonds is 7. The van der Waals surface area contributed by atoms with Crippen LogP contribution >= 0.6 is 0 Å². The van der Waals surface area contributed by atoms with Gasteiger partial charge in [-0.3, -0.25) is 4.99 Å². The molecule has 0 spiro atoms. The first-order chi connectivity index (χ1) is 11.6. The summed E-state index contributed by atoms with van der Waals surface area (Å²) in [5.41, 5.74) is 2.49. The van der Waals surface area contributed by atoms with Gasteiger partial charge in [0.1, 0.15) is 5.75 Å². The SMILES string of the molecule is CCNC(=NCC1CCCN1C)NCCc1cc(C)ccc1OC. The quantitative estimate of drug-likeness (QED) is 0.594. The zero-order valence-electron chi connectivity index (χ0n) is 15.6. The molecule has 5 heteroatoms. The van der Waals surface area contributed by atoms with Crippen molar-refractivity contribution in [2.45, 2.75) is 39.2 Å². The number of aryl methyl sites for hydroxylation is 1. The number of aliphatic imine (C=N–C) groups is 1. The Bertz CT molecular complexity index is 544. The van der Waals surface area contributed by atoms with E-state index in [1.54, 1.807) is 7.11 Å². The number of hydrogen-bond donors (Lipinski definition) is 2. The van der Waals surface area contributed by atoms with Crippen LogP contribution in [0.4, 0.5) is 0 Å². The first-order valence-corrected chi connectivity index (χ1v) is 9.00. The van der Waals surface area contributed by atoms with Crippen molar-refractivity contribution in [2.75, 3.05) is 40.3 Å². The van der Waals surface area contributed by atoms with Crippen LogP contribution in [0.3, 0.4) is 0 Å². The Balaban J connectivity index is 1.88. The van der Waals surface area contributed by atoms with Crippen LogP contribution in [0.5, 0.6) is 5.75 Å². The Kier molecular flexibility index (Phi) is 7.37. The first kappa shape index (κ1) is 18.6. The topological polar surface area (TPSA) is 48.9 Å². The highest BCUT2D eigenvalue weighted by Gasteiger charge is 2.20. The van der Waals surface area contributed by atoms with Crippen molar-refractivity contribution in [2.24, 2.45) is 4.99 Å². The van der Waals surface area contributed by atoms with Gasteiger partial charge in [-0.05, 0) is 58.3 Å². The molecule has 134 valence electrons. The predicted octanol–water partition coefficient (Wildman–Crippen LogP) is 2.20. The van der Waals surface area contributed by atoms with Gasteiger partial charge in [-0.25, -0.2) is 0 Å². The van der Waals surface area contributed by atoms with Crippen molar-refractivity contribution in [3.05, 3.63) is 29.3 Å². The molecule has 1 unspecified atom stereocenters. The predicted molar refractivity (Wildman–Crippen MR) is 101 cm³/mol. The third kappa shape index (κ3) is 5.41. The van der Waals surface area contributed by atoms with Gasteiger partial charge in [0, 0.05) is 19.1 Å². The van der Waals surface area contributed by atoms with Gasteiger partial charge in [0.2, 0.25) is 0 Å². The van der Waals surface area contributed by atoms with Gasteiger partial charge in [0.25, 0.3) is 0 Å². The molecule has 2 rings (SSSR count). The molecule has 1 fully saturated rings. The number of likely N-dealkylation sites (N-methyl/N-ethyl adjacent to an activating group) is 1. The van der Waals surface area contributed by atoms with E-state index in [1.165, 1.54) is 30.5 Å². The van der Waals surface area contributed by atoms with E-state index < -0.39 is 0 Å². The van der Waals surface area contributed by atoms with Crippen molar-refractivity contribution in [1.29, 1.82) is 0 Å². The van der Waals surface area contributed by atoms with Crippen molar-refractivity contribution in [3.63, 3.8) is 0 Å². The number of methoxy groups -OCH3 is 1. The number of ether oxygens (including phenoxy) is 1. The summed E-state index contributed by atoms with van der Waals surface area (Å²) in [5.74, 6) is 1.86. The summed E-state index contributed by atoms with van der Waals surface area (Å²) in [6, 6.07) is 6.90. The fraction of sp³-hybridized carbons (Fsp3) is 0.632. The van der Waals surface area contributed by atoms with Crippen molar-refractivity contribution < 1.29 is 4.74 Å². The second-order valence-electron chi connectivity index (χ2n) is 6.49. The van der Waals surface area contributed by atoms with E-state index in [1.807, 2.05) is 6.07 Å². The minimum absolute atomic E-state index is 0.581. The Morgan fingerprint density at radius 3 is 2.88 bits per heavy atom. The number of likely N-dealkylation sites (tertiary alicyclic amines) is 1. The average Bonchev–Trinajstić information content (AvgIpc) is 2.98. The summed E-state index contributed by atoms with van der Waals surface area (Å²) in [5, 5.41) is 6.78. The first-order valence-electron chi connectivity index (χ1n) is 9.00. The zero-order chi connectivity index (χ0) is 17.4. The van der Waals surface area contributed by atoms with Crippen LogP contribution in [0.15, 0.2) is 23.2 Å². The second kappa shape index (κ2) is 9.52. The fourth-order valence-corrected chi connectivity index (χ4v) is 3.17. The van der Waals surface area contributed by atoms with Crippen molar-refractivity contribution in [1.82, 2.24) is 15.5 Å². The largest absolute Gasteiger partial charge is 0.496 e. The van der Waals surface area contributed by atoms with Gasteiger partial charge in [0.15, 0.2) is 5.96 Å². The molecule has 0 amide bonds. The van der Waals surface area contributed by atoms with Crippen molar-refractivity contribution >= 4 is 5.96 Å². The summed E-state index contributed by atoms with van der Waals surface area (Å²) < 4.78 is 5.45. The maximum Gasteiger partial charge on any atom is 0.191 e. The summed E-state index contributed by atoms with van der Waals surface area (Å²) in [6.45, 7) is 7.98. The lowest BCUT2D eigenvalue weighted by atomic mass is 10.1. The minimum Gasteiger partial charge on any atom is -0.496 e. The minimum atomic E-state index is 0.581. The van der Waals surface area contributed by atoms with E-state index in [4.69, 9.17) is 9.73 Å². The molecular weight excluding hydrogens is 300 g/mol. The maximum atomic E-state index is 5.45. The highest BCUT2D eigenvalue weighted by Crippen LogP contribution is 2.19. The Morgan fingerprint density at radius 2 is 2.21 bits per heavy atom. The average molecular weight is 332 g/mol. The molecule has 0 bridgehead atoms. The Labute approximate surface area is 146 Å². The summed E-state index contributed by atoms with van der Waals surface area (Å²) in [6.07, 6.45) is 3.45.